The molecule has 0 saturated heterocycles. The number of fused-ring (bicyclic) bond motifs is 1. The number of likely N-dealkylation sites (N-methyl/N-ethyl adjacent to an activating group) is 1. The fourth-order valence-corrected chi connectivity index (χ4v) is 3.13. The second-order valence-electron chi connectivity index (χ2n) is 6.29. The van der Waals surface area contributed by atoms with Gasteiger partial charge in [0.05, 0.1) is 12.1 Å². The Hall–Kier alpha value is -2.34. The van der Waals surface area contributed by atoms with Crippen molar-refractivity contribution >= 4 is 11.6 Å². The largest absolute Gasteiger partial charge is 0.416 e. The number of halogens is 3. The van der Waals surface area contributed by atoms with E-state index in [0.29, 0.717) is 12.1 Å². The Labute approximate surface area is 144 Å². The Bertz CT molecular complexity index is 773. The predicted molar refractivity (Wildman–Crippen MR) is 90.3 cm³/mol. The van der Waals surface area contributed by atoms with Crippen LogP contribution in [0.5, 0.6) is 0 Å². The Morgan fingerprint density at radius 2 is 1.92 bits per heavy atom. The zero-order valence-electron chi connectivity index (χ0n) is 13.9. The molecule has 1 aliphatic rings. The van der Waals surface area contributed by atoms with Gasteiger partial charge in [0.25, 0.3) is 0 Å². The molecule has 0 saturated carbocycles. The highest BCUT2D eigenvalue weighted by Crippen LogP contribution is 2.30. The first-order valence-electron chi connectivity index (χ1n) is 8.07. The first-order chi connectivity index (χ1) is 11.8. The highest BCUT2D eigenvalue weighted by atomic mass is 19.4. The average Bonchev–Trinajstić information content (AvgIpc) is 2.98. The lowest BCUT2D eigenvalue weighted by Gasteiger charge is -2.22. The van der Waals surface area contributed by atoms with E-state index in [4.69, 9.17) is 0 Å². The van der Waals surface area contributed by atoms with Crippen LogP contribution in [0.1, 0.15) is 16.7 Å². The summed E-state index contributed by atoms with van der Waals surface area (Å²) < 4.78 is 38.4. The van der Waals surface area contributed by atoms with Gasteiger partial charge >= 0.3 is 6.18 Å². The number of carbonyl (C=O) groups is 1. The minimum Gasteiger partial charge on any atom is -0.311 e. The van der Waals surface area contributed by atoms with Crippen molar-refractivity contribution in [3.8, 4) is 0 Å². The van der Waals surface area contributed by atoms with Crippen LogP contribution in [0.15, 0.2) is 48.5 Å². The van der Waals surface area contributed by atoms with Crippen molar-refractivity contribution in [3.05, 3.63) is 65.2 Å². The van der Waals surface area contributed by atoms with E-state index in [0.717, 1.165) is 29.8 Å². The number of rotatable bonds is 4. The Kier molecular flexibility index (Phi) is 4.81. The van der Waals surface area contributed by atoms with Crippen molar-refractivity contribution < 1.29 is 18.0 Å². The molecule has 1 aliphatic heterocycles. The SMILES string of the molecule is CN(CC(=O)N1CCc2ccccc21)Cc1cccc(C(F)(F)F)c1. The van der Waals surface area contributed by atoms with Gasteiger partial charge in [-0.25, -0.2) is 0 Å². The van der Waals surface area contributed by atoms with Gasteiger partial charge in [0, 0.05) is 18.8 Å². The van der Waals surface area contributed by atoms with Crippen molar-refractivity contribution in [1.82, 2.24) is 4.90 Å². The molecule has 1 heterocycles. The number of hydrogen-bond acceptors (Lipinski definition) is 2. The third-order valence-electron chi connectivity index (χ3n) is 4.30. The Morgan fingerprint density at radius 1 is 1.16 bits per heavy atom. The summed E-state index contributed by atoms with van der Waals surface area (Å²) in [5.41, 5.74) is 1.95. The van der Waals surface area contributed by atoms with Gasteiger partial charge in [-0.1, -0.05) is 36.4 Å². The molecule has 2 aromatic carbocycles. The highest BCUT2D eigenvalue weighted by molar-refractivity contribution is 5.96. The second-order valence-corrected chi connectivity index (χ2v) is 6.29. The van der Waals surface area contributed by atoms with E-state index in [1.54, 1.807) is 22.9 Å². The normalized spacial score (nSPS) is 14.0. The Morgan fingerprint density at radius 3 is 2.68 bits per heavy atom. The minimum atomic E-state index is -4.36. The molecule has 2 aromatic rings. The van der Waals surface area contributed by atoms with Gasteiger partial charge < -0.3 is 4.90 Å². The predicted octanol–water partition coefficient (Wildman–Crippen LogP) is 3.73. The lowest BCUT2D eigenvalue weighted by atomic mass is 10.1. The Balaban J connectivity index is 1.64. The lowest BCUT2D eigenvalue weighted by Crippen LogP contribution is -2.37. The topological polar surface area (TPSA) is 23.6 Å². The molecular formula is C19H19F3N2O. The van der Waals surface area contributed by atoms with Crippen LogP contribution in [0, 0.1) is 0 Å². The lowest BCUT2D eigenvalue weighted by molar-refractivity contribution is -0.137. The molecule has 0 spiro atoms. The maximum Gasteiger partial charge on any atom is 0.416 e. The zero-order valence-corrected chi connectivity index (χ0v) is 13.9. The van der Waals surface area contributed by atoms with Gasteiger partial charge in [0.2, 0.25) is 5.91 Å². The van der Waals surface area contributed by atoms with E-state index >= 15 is 0 Å². The number of nitrogens with zero attached hydrogens (tertiary/aromatic N) is 2. The number of para-hydroxylation sites is 1. The van der Waals surface area contributed by atoms with Gasteiger partial charge in [-0.2, -0.15) is 13.2 Å². The molecule has 0 N–H and O–H groups in total. The van der Waals surface area contributed by atoms with Crippen LogP contribution in [0.2, 0.25) is 0 Å². The summed E-state index contributed by atoms with van der Waals surface area (Å²) in [4.78, 5) is 16.0. The molecule has 0 atom stereocenters. The van der Waals surface area contributed by atoms with Crippen molar-refractivity contribution in [1.29, 1.82) is 0 Å². The van der Waals surface area contributed by atoms with E-state index in [2.05, 4.69) is 0 Å². The molecule has 3 nitrogen and oxygen atoms in total. The molecule has 25 heavy (non-hydrogen) atoms. The van der Waals surface area contributed by atoms with Crippen molar-refractivity contribution in [3.63, 3.8) is 0 Å². The number of carbonyl (C=O) groups excluding carboxylic acids is 1. The molecular weight excluding hydrogens is 329 g/mol. The smallest absolute Gasteiger partial charge is 0.311 e. The first-order valence-corrected chi connectivity index (χ1v) is 8.07. The molecule has 0 bridgehead atoms. The molecule has 0 aromatic heterocycles. The standard InChI is InChI=1S/C19H19F3N2O/c1-23(12-14-5-4-7-16(11-14)19(20,21)22)13-18(25)24-10-9-15-6-2-3-8-17(15)24/h2-8,11H,9-10,12-13H2,1H3. The summed E-state index contributed by atoms with van der Waals surface area (Å²) in [6.07, 6.45) is -3.52. The number of hydrogen-bond donors (Lipinski definition) is 0. The summed E-state index contributed by atoms with van der Waals surface area (Å²) in [5, 5.41) is 0. The number of benzene rings is 2. The molecule has 0 radical (unpaired) electrons. The molecule has 6 heteroatoms. The van der Waals surface area contributed by atoms with Crippen LogP contribution in [0.25, 0.3) is 0 Å². The van der Waals surface area contributed by atoms with E-state index in [1.807, 2.05) is 24.3 Å². The monoisotopic (exact) mass is 348 g/mol. The molecule has 0 aliphatic carbocycles. The average molecular weight is 348 g/mol. The van der Waals surface area contributed by atoms with Crippen LogP contribution in [0.4, 0.5) is 18.9 Å². The number of alkyl halides is 3. The van der Waals surface area contributed by atoms with Gasteiger partial charge in [0.15, 0.2) is 0 Å². The fraction of sp³-hybridized carbons (Fsp3) is 0.316. The summed E-state index contributed by atoms with van der Waals surface area (Å²) >= 11 is 0. The fourth-order valence-electron chi connectivity index (χ4n) is 3.13. The van der Waals surface area contributed by atoms with Crippen molar-refractivity contribution in [2.45, 2.75) is 19.1 Å². The third-order valence-corrected chi connectivity index (χ3v) is 4.30. The summed E-state index contributed by atoms with van der Waals surface area (Å²) in [5.74, 6) is -0.0422. The van der Waals surface area contributed by atoms with Gasteiger partial charge in [-0.3, -0.25) is 9.69 Å². The molecule has 132 valence electrons. The minimum absolute atomic E-state index is 0.0422. The molecule has 3 rings (SSSR count). The summed E-state index contributed by atoms with van der Waals surface area (Å²) in [7, 11) is 1.74. The van der Waals surface area contributed by atoms with Crippen LogP contribution >= 0.6 is 0 Å². The van der Waals surface area contributed by atoms with Crippen molar-refractivity contribution in [2.24, 2.45) is 0 Å². The third kappa shape index (κ3) is 4.02. The van der Waals surface area contributed by atoms with Gasteiger partial charge in [0.1, 0.15) is 0 Å². The number of amides is 1. The quantitative estimate of drug-likeness (QED) is 0.841. The summed E-state index contributed by atoms with van der Waals surface area (Å²) in [6.45, 7) is 1.09. The van der Waals surface area contributed by atoms with E-state index in [9.17, 15) is 18.0 Å². The molecule has 0 unspecified atom stereocenters. The van der Waals surface area contributed by atoms with Gasteiger partial charge in [-0.15, -0.1) is 0 Å². The van der Waals surface area contributed by atoms with E-state index in [1.165, 1.54) is 6.07 Å². The van der Waals surface area contributed by atoms with E-state index < -0.39 is 11.7 Å². The maximum atomic E-state index is 12.8. The molecule has 0 fully saturated rings. The molecule has 1 amide bonds. The van der Waals surface area contributed by atoms with Crippen LogP contribution in [-0.4, -0.2) is 30.9 Å². The zero-order chi connectivity index (χ0) is 18.0. The van der Waals surface area contributed by atoms with E-state index in [-0.39, 0.29) is 19.0 Å². The van der Waals surface area contributed by atoms with Gasteiger partial charge in [-0.05, 0) is 36.7 Å². The second kappa shape index (κ2) is 6.88. The van der Waals surface area contributed by atoms with Crippen LogP contribution in [-0.2, 0) is 23.9 Å². The summed E-state index contributed by atoms with van der Waals surface area (Å²) in [6, 6.07) is 13.0. The van der Waals surface area contributed by atoms with Crippen molar-refractivity contribution in [2.75, 3.05) is 25.0 Å². The van der Waals surface area contributed by atoms with Crippen LogP contribution in [0.3, 0.4) is 0 Å². The van der Waals surface area contributed by atoms with Crippen LogP contribution < -0.4 is 4.90 Å². The number of anilines is 1. The first kappa shape index (κ1) is 17.5. The highest BCUT2D eigenvalue weighted by Gasteiger charge is 2.30. The maximum absolute atomic E-state index is 12.8.